The topological polar surface area (TPSA) is 94.3 Å². The maximum atomic E-state index is 13.7. The second kappa shape index (κ2) is 6.78. The van der Waals surface area contributed by atoms with Crippen molar-refractivity contribution in [2.45, 2.75) is 23.7 Å². The number of amides is 2. The number of ether oxygens (including phenoxy) is 1. The summed E-state index contributed by atoms with van der Waals surface area (Å²) in [7, 11) is 0. The van der Waals surface area contributed by atoms with Crippen LogP contribution >= 0.6 is 23.1 Å². The summed E-state index contributed by atoms with van der Waals surface area (Å²) in [6, 6.07) is 4.62. The fourth-order valence-corrected chi connectivity index (χ4v) is 4.15. The van der Waals surface area contributed by atoms with E-state index in [4.69, 9.17) is 10.5 Å². The van der Waals surface area contributed by atoms with E-state index in [0.29, 0.717) is 22.8 Å². The predicted molar refractivity (Wildman–Crippen MR) is 89.9 cm³/mol. The Labute approximate surface area is 145 Å². The minimum atomic E-state index is -0.789. The lowest BCUT2D eigenvalue weighted by Gasteiger charge is -2.09. The number of aromatic nitrogens is 1. The molecule has 0 saturated carbocycles. The molecule has 1 aromatic carbocycles. The zero-order chi connectivity index (χ0) is 17.3. The first-order chi connectivity index (χ1) is 11.4. The van der Waals surface area contributed by atoms with Gasteiger partial charge in [-0.25, -0.2) is 9.37 Å². The molecule has 1 aromatic heterocycles. The molecule has 9 heteroatoms. The Balaban J connectivity index is 1.65. The number of aryl methyl sites for hydroxylation is 1. The molecule has 24 heavy (non-hydrogen) atoms. The molecule has 3 N–H and O–H groups in total. The van der Waals surface area contributed by atoms with Crippen molar-refractivity contribution in [2.75, 3.05) is 11.1 Å². The molecule has 0 bridgehead atoms. The predicted octanol–water partition coefficient (Wildman–Crippen LogP) is 2.11. The number of benzene rings is 1. The van der Waals surface area contributed by atoms with Crippen LogP contribution in [0.5, 0.6) is 5.75 Å². The van der Waals surface area contributed by atoms with Crippen molar-refractivity contribution in [3.8, 4) is 5.75 Å². The number of nitrogens with one attached hydrogen (secondary N) is 1. The largest absolute Gasteiger partial charge is 0.477 e. The van der Waals surface area contributed by atoms with E-state index in [-0.39, 0.29) is 17.4 Å². The Bertz CT molecular complexity index is 809. The summed E-state index contributed by atoms with van der Waals surface area (Å²) in [4.78, 5) is 27.4. The van der Waals surface area contributed by atoms with Crippen molar-refractivity contribution in [3.05, 3.63) is 35.3 Å². The highest BCUT2D eigenvalue weighted by molar-refractivity contribution is 8.01. The maximum Gasteiger partial charge on any atom is 0.267 e. The summed E-state index contributed by atoms with van der Waals surface area (Å²) < 4.78 is 19.9. The first-order valence-corrected chi connectivity index (χ1v) is 8.87. The minimum absolute atomic E-state index is 0.130. The highest BCUT2D eigenvalue weighted by atomic mass is 32.2. The summed E-state index contributed by atoms with van der Waals surface area (Å²) in [5.41, 5.74) is 6.50. The number of hydrogen-bond acceptors (Lipinski definition) is 6. The van der Waals surface area contributed by atoms with E-state index in [1.807, 2.05) is 0 Å². The Kier molecular flexibility index (Phi) is 4.72. The van der Waals surface area contributed by atoms with Crippen molar-refractivity contribution in [2.24, 2.45) is 5.73 Å². The van der Waals surface area contributed by atoms with Gasteiger partial charge >= 0.3 is 0 Å². The maximum absolute atomic E-state index is 13.7. The third-order valence-corrected chi connectivity index (χ3v) is 5.79. The quantitative estimate of drug-likeness (QED) is 0.790. The minimum Gasteiger partial charge on any atom is -0.477 e. The number of thiazole rings is 1. The van der Waals surface area contributed by atoms with Gasteiger partial charge in [-0.05, 0) is 13.0 Å². The van der Waals surface area contributed by atoms with Crippen molar-refractivity contribution in [3.63, 3.8) is 0 Å². The molecule has 0 fully saturated rings. The molecule has 1 aliphatic heterocycles. The molecule has 2 amide bonds. The van der Waals surface area contributed by atoms with Crippen LogP contribution in [0.4, 0.5) is 9.52 Å². The first kappa shape index (κ1) is 16.7. The number of carbonyl (C=O) groups is 2. The highest BCUT2D eigenvalue weighted by Crippen LogP contribution is 2.34. The Morgan fingerprint density at radius 3 is 3.04 bits per heavy atom. The van der Waals surface area contributed by atoms with Crippen molar-refractivity contribution in [1.82, 2.24) is 4.98 Å². The molecule has 3 rings (SSSR count). The number of para-hydroxylation sites is 1. The molecule has 1 atom stereocenters. The second-order valence-electron chi connectivity index (χ2n) is 5.17. The Morgan fingerprint density at radius 1 is 1.54 bits per heavy atom. The summed E-state index contributed by atoms with van der Waals surface area (Å²) in [6.45, 7) is 1.78. The van der Waals surface area contributed by atoms with Crippen molar-refractivity contribution < 1.29 is 18.7 Å². The summed E-state index contributed by atoms with van der Waals surface area (Å²) in [6.07, 6.45) is -0.477. The van der Waals surface area contributed by atoms with Gasteiger partial charge in [0.1, 0.15) is 0 Å². The molecule has 126 valence electrons. The monoisotopic (exact) mass is 367 g/mol. The molecule has 0 saturated heterocycles. The van der Waals surface area contributed by atoms with Crippen LogP contribution in [0.2, 0.25) is 0 Å². The molecule has 2 aromatic rings. The van der Waals surface area contributed by atoms with Crippen LogP contribution in [0.1, 0.15) is 11.3 Å². The smallest absolute Gasteiger partial charge is 0.267 e. The average Bonchev–Trinajstić information content (AvgIpc) is 3.10. The van der Waals surface area contributed by atoms with Gasteiger partial charge in [-0.3, -0.25) is 14.9 Å². The fraction of sp³-hybridized carbons (Fsp3) is 0.267. The molecule has 6 nitrogen and oxygen atoms in total. The number of carbonyl (C=O) groups excluding carboxylic acids is 2. The van der Waals surface area contributed by atoms with Crippen molar-refractivity contribution >= 4 is 40.0 Å². The number of hydrogen-bond donors (Lipinski definition) is 2. The van der Waals surface area contributed by atoms with Crippen LogP contribution < -0.4 is 15.8 Å². The van der Waals surface area contributed by atoms with Gasteiger partial charge in [-0.2, -0.15) is 0 Å². The van der Waals surface area contributed by atoms with Crippen LogP contribution in [-0.2, 0) is 16.0 Å². The fourth-order valence-electron chi connectivity index (χ4n) is 2.27. The number of nitrogens with zero attached hydrogens (tertiary/aromatic N) is 1. The van der Waals surface area contributed by atoms with Gasteiger partial charge in [0.25, 0.3) is 5.91 Å². The molecule has 1 unspecified atom stereocenters. The normalized spacial score (nSPS) is 15.7. The zero-order valence-electron chi connectivity index (χ0n) is 12.7. The standard InChI is InChI=1S/C15H14FN3O3S2/c1-7-14(23-6-11(17)20)24-15(18-7)19-13(21)10-5-8-3-2-4-9(16)12(8)22-10/h2-4,10H,5-6H2,1H3,(H2,17,20)(H,18,19,21). The number of fused-ring (bicyclic) bond motifs is 1. The lowest BCUT2D eigenvalue weighted by molar-refractivity contribution is -0.122. The molecule has 2 heterocycles. The van der Waals surface area contributed by atoms with E-state index in [1.54, 1.807) is 19.1 Å². The molecular weight excluding hydrogens is 353 g/mol. The third-order valence-electron chi connectivity index (χ3n) is 3.34. The van der Waals surface area contributed by atoms with Crippen LogP contribution in [0, 0.1) is 12.7 Å². The van der Waals surface area contributed by atoms with Gasteiger partial charge in [0.2, 0.25) is 5.91 Å². The number of rotatable bonds is 5. The lowest BCUT2D eigenvalue weighted by atomic mass is 10.1. The van der Waals surface area contributed by atoms with Gasteiger partial charge in [0, 0.05) is 12.0 Å². The number of nitrogens with two attached hydrogens (primary N) is 1. The van der Waals surface area contributed by atoms with Crippen LogP contribution in [-0.4, -0.2) is 28.7 Å². The number of primary amides is 1. The summed E-state index contributed by atoms with van der Waals surface area (Å²) >= 11 is 2.53. The number of thioether (sulfide) groups is 1. The SMILES string of the molecule is Cc1nc(NC(=O)C2Cc3cccc(F)c3O2)sc1SCC(N)=O. The second-order valence-corrected chi connectivity index (χ2v) is 7.42. The molecule has 1 aliphatic rings. The number of halogens is 1. The van der Waals surface area contributed by atoms with E-state index in [1.165, 1.54) is 29.2 Å². The van der Waals surface area contributed by atoms with E-state index in [0.717, 1.165) is 4.21 Å². The average molecular weight is 367 g/mol. The summed E-state index contributed by atoms with van der Waals surface area (Å²) in [5, 5.41) is 3.09. The third kappa shape index (κ3) is 3.51. The Morgan fingerprint density at radius 2 is 2.33 bits per heavy atom. The molecule has 0 aliphatic carbocycles. The Hall–Kier alpha value is -2.13. The number of anilines is 1. The van der Waals surface area contributed by atoms with Gasteiger partial charge < -0.3 is 10.5 Å². The molecular formula is C15H14FN3O3S2. The van der Waals surface area contributed by atoms with E-state index in [9.17, 15) is 14.0 Å². The summed E-state index contributed by atoms with van der Waals surface area (Å²) in [5.74, 6) is -0.997. The first-order valence-electron chi connectivity index (χ1n) is 7.07. The highest BCUT2D eigenvalue weighted by Gasteiger charge is 2.31. The van der Waals surface area contributed by atoms with Crippen LogP contribution in [0.3, 0.4) is 0 Å². The molecule has 0 spiro atoms. The van der Waals surface area contributed by atoms with Crippen molar-refractivity contribution in [1.29, 1.82) is 0 Å². The zero-order valence-corrected chi connectivity index (χ0v) is 14.3. The lowest BCUT2D eigenvalue weighted by Crippen LogP contribution is -2.31. The van der Waals surface area contributed by atoms with E-state index in [2.05, 4.69) is 10.3 Å². The van der Waals surface area contributed by atoms with Gasteiger partial charge in [-0.1, -0.05) is 23.5 Å². The van der Waals surface area contributed by atoms with Gasteiger partial charge in [0.05, 0.1) is 15.7 Å². The van der Waals surface area contributed by atoms with Gasteiger partial charge in [0.15, 0.2) is 22.8 Å². The van der Waals surface area contributed by atoms with Crippen LogP contribution in [0.25, 0.3) is 0 Å². The molecule has 0 radical (unpaired) electrons. The van der Waals surface area contributed by atoms with Gasteiger partial charge in [-0.15, -0.1) is 11.8 Å². The van der Waals surface area contributed by atoms with Crippen LogP contribution in [0.15, 0.2) is 22.4 Å². The van der Waals surface area contributed by atoms with E-state index < -0.39 is 17.8 Å². The van der Waals surface area contributed by atoms with E-state index >= 15 is 0 Å².